The molecule has 2 heterocycles. The largest absolute Gasteiger partial charge is 0.477 e. The second-order valence-corrected chi connectivity index (χ2v) is 7.24. The Morgan fingerprint density at radius 1 is 1.39 bits per heavy atom. The zero-order valence-corrected chi connectivity index (χ0v) is 17.2. The molecule has 2 atom stereocenters. The number of halogens is 1. The number of carboxylic acids is 1. The predicted octanol–water partition coefficient (Wildman–Crippen LogP) is -0.745. The standard InChI is InChI=1S/C15H16BrN3O8S/c1-6(20)27-4-7-5-28-14-10(13(23)19(14)11(7)15(24)25)17-12(22)9(18-26-2)8(21)3-16/h10,14H,3-5H2,1-2H3,(H,17,22)(H,24,25)/b18-9-. The van der Waals surface area contributed by atoms with E-state index in [0.29, 0.717) is 0 Å². The number of Topliss-reactive ketones (excluding diaryl/α,β-unsaturated/α-hetero) is 1. The fraction of sp³-hybridized carbons (Fsp3) is 0.467. The summed E-state index contributed by atoms with van der Waals surface area (Å²) in [7, 11) is 1.16. The van der Waals surface area contributed by atoms with E-state index in [1.54, 1.807) is 0 Å². The highest BCUT2D eigenvalue weighted by Gasteiger charge is 2.54. The molecule has 2 amide bonds. The molecular formula is C15H16BrN3O8S. The van der Waals surface area contributed by atoms with Gasteiger partial charge in [0.1, 0.15) is 30.8 Å². The fourth-order valence-corrected chi connectivity index (χ4v) is 4.16. The quantitative estimate of drug-likeness (QED) is 0.115. The number of carbonyl (C=O) groups is 5. The molecule has 0 bridgehead atoms. The van der Waals surface area contributed by atoms with Crippen LogP contribution in [-0.2, 0) is 33.5 Å². The van der Waals surface area contributed by atoms with Crippen LogP contribution in [0.4, 0.5) is 0 Å². The summed E-state index contributed by atoms with van der Waals surface area (Å²) in [6, 6.07) is -1.03. The van der Waals surface area contributed by atoms with E-state index in [1.165, 1.54) is 18.7 Å². The number of nitrogens with one attached hydrogen (secondary N) is 1. The average molecular weight is 478 g/mol. The molecule has 2 aliphatic heterocycles. The summed E-state index contributed by atoms with van der Waals surface area (Å²) in [6.45, 7) is 0.940. The normalized spacial score (nSPS) is 21.5. The number of thioether (sulfide) groups is 1. The predicted molar refractivity (Wildman–Crippen MR) is 99.6 cm³/mol. The van der Waals surface area contributed by atoms with Gasteiger partial charge in [0.2, 0.25) is 11.5 Å². The molecule has 11 nitrogen and oxygen atoms in total. The Balaban J connectivity index is 2.18. The van der Waals surface area contributed by atoms with Crippen molar-refractivity contribution in [3.05, 3.63) is 11.3 Å². The maximum Gasteiger partial charge on any atom is 0.352 e. The minimum absolute atomic E-state index is 0.170. The Kier molecular flexibility index (Phi) is 7.18. The summed E-state index contributed by atoms with van der Waals surface area (Å²) >= 11 is 4.12. The number of hydrogen-bond donors (Lipinski definition) is 2. The topological polar surface area (TPSA) is 152 Å². The van der Waals surface area contributed by atoms with E-state index in [-0.39, 0.29) is 29.0 Å². The second-order valence-electron chi connectivity index (χ2n) is 5.58. The van der Waals surface area contributed by atoms with Gasteiger partial charge in [-0.15, -0.1) is 11.8 Å². The summed E-state index contributed by atoms with van der Waals surface area (Å²) in [5, 5.41) is 14.4. The first-order valence-electron chi connectivity index (χ1n) is 7.77. The van der Waals surface area contributed by atoms with Crippen molar-refractivity contribution in [2.75, 3.05) is 24.8 Å². The molecule has 2 aliphatic rings. The van der Waals surface area contributed by atoms with E-state index in [1.807, 2.05) is 0 Å². The fourth-order valence-electron chi connectivity index (χ4n) is 2.57. The Bertz CT molecular complexity index is 796. The highest BCUT2D eigenvalue weighted by Crippen LogP contribution is 2.40. The van der Waals surface area contributed by atoms with Crippen LogP contribution in [-0.4, -0.2) is 81.5 Å². The third-order valence-electron chi connectivity index (χ3n) is 3.77. The SMILES string of the molecule is CO/N=C(/C(=O)CBr)C(=O)NC1C(=O)N2C(C(=O)O)=C(COC(C)=O)CSC12. The molecule has 2 rings (SSSR count). The van der Waals surface area contributed by atoms with Gasteiger partial charge in [-0.05, 0) is 0 Å². The zero-order valence-electron chi connectivity index (χ0n) is 14.8. The highest BCUT2D eigenvalue weighted by molar-refractivity contribution is 9.09. The van der Waals surface area contributed by atoms with Crippen LogP contribution >= 0.6 is 27.7 Å². The number of ketones is 1. The number of alkyl halides is 1. The van der Waals surface area contributed by atoms with E-state index in [9.17, 15) is 29.1 Å². The van der Waals surface area contributed by atoms with Crippen LogP contribution in [0.3, 0.4) is 0 Å². The van der Waals surface area contributed by atoms with Crippen molar-refractivity contribution in [2.45, 2.75) is 18.3 Å². The Morgan fingerprint density at radius 3 is 2.61 bits per heavy atom. The molecule has 0 spiro atoms. The second kappa shape index (κ2) is 9.19. The third kappa shape index (κ3) is 4.35. The molecule has 28 heavy (non-hydrogen) atoms. The first-order chi connectivity index (χ1) is 13.2. The Morgan fingerprint density at radius 2 is 2.07 bits per heavy atom. The molecule has 2 N–H and O–H groups in total. The molecule has 0 aromatic carbocycles. The minimum Gasteiger partial charge on any atom is -0.477 e. The molecule has 1 fully saturated rings. The average Bonchev–Trinajstić information content (AvgIpc) is 2.66. The van der Waals surface area contributed by atoms with Crippen LogP contribution in [0.1, 0.15) is 6.92 Å². The van der Waals surface area contributed by atoms with Gasteiger partial charge in [0, 0.05) is 18.2 Å². The van der Waals surface area contributed by atoms with Gasteiger partial charge < -0.3 is 20.0 Å². The first kappa shape index (κ1) is 21.9. The smallest absolute Gasteiger partial charge is 0.352 e. The molecule has 0 aromatic heterocycles. The lowest BCUT2D eigenvalue weighted by molar-refractivity contribution is -0.150. The van der Waals surface area contributed by atoms with Crippen molar-refractivity contribution in [3.63, 3.8) is 0 Å². The number of oxime groups is 1. The number of carboxylic acid groups (broad SMARTS) is 1. The van der Waals surface area contributed by atoms with E-state index < -0.39 is 46.7 Å². The van der Waals surface area contributed by atoms with Crippen LogP contribution in [0, 0.1) is 0 Å². The van der Waals surface area contributed by atoms with Crippen LogP contribution in [0.2, 0.25) is 0 Å². The molecule has 152 valence electrons. The van der Waals surface area contributed by atoms with Gasteiger partial charge in [-0.2, -0.15) is 0 Å². The summed E-state index contributed by atoms with van der Waals surface area (Å²) in [4.78, 5) is 64.6. The van der Waals surface area contributed by atoms with Crippen LogP contribution in [0.25, 0.3) is 0 Å². The van der Waals surface area contributed by atoms with Gasteiger partial charge in [0.05, 0.1) is 5.33 Å². The highest BCUT2D eigenvalue weighted by atomic mass is 79.9. The monoisotopic (exact) mass is 477 g/mol. The van der Waals surface area contributed by atoms with Crippen molar-refractivity contribution < 1.29 is 38.7 Å². The van der Waals surface area contributed by atoms with E-state index >= 15 is 0 Å². The third-order valence-corrected chi connectivity index (χ3v) is 5.62. The van der Waals surface area contributed by atoms with E-state index in [4.69, 9.17) is 4.74 Å². The number of esters is 1. The summed E-state index contributed by atoms with van der Waals surface area (Å²) < 4.78 is 4.84. The molecule has 13 heteroatoms. The summed E-state index contributed by atoms with van der Waals surface area (Å²) in [5.74, 6) is -3.95. The Hall–Kier alpha value is -2.41. The van der Waals surface area contributed by atoms with E-state index in [2.05, 4.69) is 31.2 Å². The number of amides is 2. The van der Waals surface area contributed by atoms with Crippen molar-refractivity contribution in [1.82, 2.24) is 10.2 Å². The molecule has 0 aliphatic carbocycles. The molecule has 0 saturated carbocycles. The number of fused-ring (bicyclic) bond motifs is 1. The van der Waals surface area contributed by atoms with Gasteiger partial charge in [0.15, 0.2) is 0 Å². The van der Waals surface area contributed by atoms with Crippen molar-refractivity contribution in [3.8, 4) is 0 Å². The molecule has 2 unspecified atom stereocenters. The number of ether oxygens (including phenoxy) is 1. The van der Waals surface area contributed by atoms with Gasteiger partial charge >= 0.3 is 11.9 Å². The minimum atomic E-state index is -1.35. The van der Waals surface area contributed by atoms with Crippen LogP contribution < -0.4 is 5.32 Å². The van der Waals surface area contributed by atoms with Crippen molar-refractivity contribution in [1.29, 1.82) is 0 Å². The number of β-lactam (4-membered cyclic amide) rings is 1. The number of hydrogen-bond acceptors (Lipinski definition) is 9. The van der Waals surface area contributed by atoms with Gasteiger partial charge in [-0.1, -0.05) is 21.1 Å². The van der Waals surface area contributed by atoms with Gasteiger partial charge in [-0.3, -0.25) is 24.1 Å². The number of carbonyl (C=O) groups excluding carboxylic acids is 4. The maximum absolute atomic E-state index is 12.5. The first-order valence-corrected chi connectivity index (χ1v) is 9.94. The summed E-state index contributed by atoms with van der Waals surface area (Å²) in [5.41, 5.74) is -0.517. The molecule has 0 aromatic rings. The number of aliphatic carboxylic acids is 1. The van der Waals surface area contributed by atoms with Crippen molar-refractivity contribution in [2.24, 2.45) is 5.16 Å². The molecule has 0 radical (unpaired) electrons. The lowest BCUT2D eigenvalue weighted by Crippen LogP contribution is -2.71. The number of nitrogens with zero attached hydrogens (tertiary/aromatic N) is 2. The van der Waals surface area contributed by atoms with Gasteiger partial charge in [0.25, 0.3) is 11.8 Å². The number of rotatable bonds is 8. The lowest BCUT2D eigenvalue weighted by atomic mass is 10.0. The molecule has 1 saturated heterocycles. The maximum atomic E-state index is 12.5. The van der Waals surface area contributed by atoms with Gasteiger partial charge in [-0.25, -0.2) is 4.79 Å². The lowest BCUT2D eigenvalue weighted by Gasteiger charge is -2.49. The van der Waals surface area contributed by atoms with E-state index in [0.717, 1.165) is 12.0 Å². The Labute approximate surface area is 171 Å². The molecular weight excluding hydrogens is 462 g/mol. The van der Waals surface area contributed by atoms with Crippen LogP contribution in [0.15, 0.2) is 16.4 Å². The van der Waals surface area contributed by atoms with Crippen LogP contribution in [0.5, 0.6) is 0 Å². The van der Waals surface area contributed by atoms with Crippen molar-refractivity contribution >= 4 is 62.9 Å². The summed E-state index contributed by atoms with van der Waals surface area (Å²) in [6.07, 6.45) is 0. The zero-order chi connectivity index (χ0) is 21.0.